The Morgan fingerprint density at radius 1 is 1.31 bits per heavy atom. The molecule has 2 heterocycles. The average molecular weight is 374 g/mol. The van der Waals surface area contributed by atoms with E-state index < -0.39 is 0 Å². The van der Waals surface area contributed by atoms with Gasteiger partial charge in [-0.25, -0.2) is 4.79 Å². The van der Waals surface area contributed by atoms with E-state index in [9.17, 15) is 4.79 Å². The van der Waals surface area contributed by atoms with Crippen molar-refractivity contribution in [1.29, 1.82) is 0 Å². The number of aromatic nitrogens is 2. The summed E-state index contributed by atoms with van der Waals surface area (Å²) in [6.07, 6.45) is 3.21. The molecule has 0 fully saturated rings. The van der Waals surface area contributed by atoms with Gasteiger partial charge in [0.2, 0.25) is 0 Å². The van der Waals surface area contributed by atoms with Crippen LogP contribution in [0.15, 0.2) is 35.2 Å². The van der Waals surface area contributed by atoms with Gasteiger partial charge in [0.15, 0.2) is 0 Å². The second kappa shape index (κ2) is 8.60. The quantitative estimate of drug-likeness (QED) is 0.819. The predicted molar refractivity (Wildman–Crippen MR) is 105 cm³/mol. The molecule has 26 heavy (non-hydrogen) atoms. The average Bonchev–Trinajstić information content (AvgIpc) is 2.92. The van der Waals surface area contributed by atoms with Crippen LogP contribution in [-0.2, 0) is 26.2 Å². The van der Waals surface area contributed by atoms with Gasteiger partial charge in [-0.05, 0) is 30.4 Å². The lowest BCUT2D eigenvalue weighted by Crippen LogP contribution is -2.34. The van der Waals surface area contributed by atoms with E-state index in [-0.39, 0.29) is 6.03 Å². The number of hydrogen-bond acceptors (Lipinski definition) is 4. The first kappa shape index (κ1) is 18.8. The van der Waals surface area contributed by atoms with Crippen LogP contribution in [0.4, 0.5) is 4.79 Å². The third-order valence-electron chi connectivity index (χ3n) is 4.56. The first-order chi connectivity index (χ1) is 12.6. The van der Waals surface area contributed by atoms with Gasteiger partial charge in [-0.2, -0.15) is 5.10 Å². The molecular formula is C19H27N5OS. The van der Waals surface area contributed by atoms with Crippen molar-refractivity contribution in [2.75, 3.05) is 26.9 Å². The molecule has 0 atom stereocenters. The molecule has 1 aliphatic rings. The van der Waals surface area contributed by atoms with Crippen LogP contribution in [0.3, 0.4) is 0 Å². The molecule has 1 aliphatic heterocycles. The number of carbonyl (C=O) groups excluding carboxylic acids is 1. The Kier molecular flexibility index (Phi) is 6.21. The summed E-state index contributed by atoms with van der Waals surface area (Å²) >= 11 is 1.80. The molecule has 1 aromatic heterocycles. The predicted octanol–water partition coefficient (Wildman–Crippen LogP) is 2.78. The third kappa shape index (κ3) is 4.59. The Hall–Kier alpha value is -1.99. The molecule has 3 rings (SSSR count). The van der Waals surface area contributed by atoms with Gasteiger partial charge in [0, 0.05) is 45.2 Å². The molecule has 1 N–H and O–H groups in total. The van der Waals surface area contributed by atoms with Gasteiger partial charge < -0.3 is 10.2 Å². The number of thioether (sulfide) groups is 1. The summed E-state index contributed by atoms with van der Waals surface area (Å²) in [6.45, 7) is 4.30. The Morgan fingerprint density at radius 3 is 2.88 bits per heavy atom. The van der Waals surface area contributed by atoms with E-state index in [4.69, 9.17) is 0 Å². The topological polar surface area (TPSA) is 53.4 Å². The van der Waals surface area contributed by atoms with E-state index in [1.165, 1.54) is 21.1 Å². The van der Waals surface area contributed by atoms with Crippen LogP contribution in [0, 0.1) is 0 Å². The van der Waals surface area contributed by atoms with Crippen molar-refractivity contribution < 1.29 is 4.79 Å². The summed E-state index contributed by atoms with van der Waals surface area (Å²) in [5, 5.41) is 7.55. The van der Waals surface area contributed by atoms with Crippen molar-refractivity contribution in [2.24, 2.45) is 0 Å². The highest BCUT2D eigenvalue weighted by Gasteiger charge is 2.18. The highest BCUT2D eigenvalue weighted by atomic mass is 32.2. The van der Waals surface area contributed by atoms with Gasteiger partial charge in [-0.3, -0.25) is 9.58 Å². The number of amides is 2. The molecule has 140 valence electrons. The van der Waals surface area contributed by atoms with Crippen LogP contribution >= 0.6 is 11.8 Å². The van der Waals surface area contributed by atoms with Crippen molar-refractivity contribution >= 4 is 17.8 Å². The van der Waals surface area contributed by atoms with Gasteiger partial charge >= 0.3 is 6.03 Å². The minimum Gasteiger partial charge on any atom is -0.332 e. The molecule has 0 bridgehead atoms. The summed E-state index contributed by atoms with van der Waals surface area (Å²) in [4.78, 5) is 17.1. The summed E-state index contributed by atoms with van der Waals surface area (Å²) in [7, 11) is 3.48. The number of urea groups is 1. The van der Waals surface area contributed by atoms with Crippen LogP contribution < -0.4 is 5.32 Å². The van der Waals surface area contributed by atoms with E-state index in [0.717, 1.165) is 38.3 Å². The van der Waals surface area contributed by atoms with Crippen molar-refractivity contribution in [3.8, 4) is 0 Å². The smallest absolute Gasteiger partial charge is 0.317 e. The van der Waals surface area contributed by atoms with Crippen molar-refractivity contribution in [3.05, 3.63) is 47.3 Å². The second-order valence-corrected chi connectivity index (χ2v) is 7.63. The lowest BCUT2D eigenvalue weighted by molar-refractivity contribution is 0.217. The van der Waals surface area contributed by atoms with Crippen LogP contribution in [0.1, 0.15) is 23.4 Å². The maximum Gasteiger partial charge on any atom is 0.317 e. The summed E-state index contributed by atoms with van der Waals surface area (Å²) in [6, 6.07) is 10.6. The zero-order chi connectivity index (χ0) is 18.5. The largest absolute Gasteiger partial charge is 0.332 e. The Bertz CT molecular complexity index is 758. The molecule has 0 saturated carbocycles. The summed E-state index contributed by atoms with van der Waals surface area (Å²) in [5.41, 5.74) is 3.52. The minimum atomic E-state index is -0.0940. The SMILES string of the molecule is CSc1ccccc1CN1CCCn2nc(CNC(=O)N(C)C)cc2C1. The third-order valence-corrected chi connectivity index (χ3v) is 5.40. The fourth-order valence-electron chi connectivity index (χ4n) is 3.21. The van der Waals surface area contributed by atoms with Crippen LogP contribution in [0.25, 0.3) is 0 Å². The summed E-state index contributed by atoms with van der Waals surface area (Å²) in [5.74, 6) is 0. The Morgan fingerprint density at radius 2 is 2.12 bits per heavy atom. The minimum absolute atomic E-state index is 0.0940. The van der Waals surface area contributed by atoms with E-state index in [2.05, 4.69) is 56.6 Å². The van der Waals surface area contributed by atoms with Crippen LogP contribution in [-0.4, -0.2) is 52.5 Å². The van der Waals surface area contributed by atoms with Gasteiger partial charge in [0.25, 0.3) is 0 Å². The van der Waals surface area contributed by atoms with Crippen LogP contribution in [0.5, 0.6) is 0 Å². The first-order valence-corrected chi connectivity index (χ1v) is 10.1. The molecule has 0 radical (unpaired) electrons. The monoisotopic (exact) mass is 373 g/mol. The lowest BCUT2D eigenvalue weighted by Gasteiger charge is -2.20. The lowest BCUT2D eigenvalue weighted by atomic mass is 10.2. The summed E-state index contributed by atoms with van der Waals surface area (Å²) < 4.78 is 2.09. The van der Waals surface area contributed by atoms with E-state index >= 15 is 0 Å². The highest BCUT2D eigenvalue weighted by molar-refractivity contribution is 7.98. The normalized spacial score (nSPS) is 14.6. The number of carbonyl (C=O) groups is 1. The molecule has 0 spiro atoms. The fraction of sp³-hybridized carbons (Fsp3) is 0.474. The van der Waals surface area contributed by atoms with Crippen molar-refractivity contribution in [2.45, 2.75) is 37.5 Å². The fourth-order valence-corrected chi connectivity index (χ4v) is 3.82. The van der Waals surface area contributed by atoms with Gasteiger partial charge in [-0.1, -0.05) is 18.2 Å². The van der Waals surface area contributed by atoms with Crippen molar-refractivity contribution in [1.82, 2.24) is 24.9 Å². The van der Waals surface area contributed by atoms with Gasteiger partial charge in [0.05, 0.1) is 17.9 Å². The molecular weight excluding hydrogens is 346 g/mol. The number of aryl methyl sites for hydroxylation is 1. The van der Waals surface area contributed by atoms with Gasteiger partial charge in [0.1, 0.15) is 0 Å². The van der Waals surface area contributed by atoms with E-state index in [1.807, 2.05) is 0 Å². The highest BCUT2D eigenvalue weighted by Crippen LogP contribution is 2.23. The number of benzene rings is 1. The Balaban J connectivity index is 1.67. The molecule has 0 unspecified atom stereocenters. The number of hydrogen-bond donors (Lipinski definition) is 1. The zero-order valence-corrected chi connectivity index (χ0v) is 16.6. The number of fused-ring (bicyclic) bond motifs is 1. The molecule has 2 aromatic rings. The van der Waals surface area contributed by atoms with Crippen molar-refractivity contribution in [3.63, 3.8) is 0 Å². The molecule has 1 aromatic carbocycles. The molecule has 6 nitrogen and oxygen atoms in total. The van der Waals surface area contributed by atoms with E-state index in [0.29, 0.717) is 6.54 Å². The number of rotatable bonds is 5. The van der Waals surface area contributed by atoms with E-state index in [1.54, 1.807) is 25.9 Å². The second-order valence-electron chi connectivity index (χ2n) is 6.78. The maximum atomic E-state index is 11.7. The molecule has 0 saturated heterocycles. The molecule has 7 heteroatoms. The molecule has 2 amide bonds. The van der Waals surface area contributed by atoms with Crippen LogP contribution in [0.2, 0.25) is 0 Å². The maximum absolute atomic E-state index is 11.7. The van der Waals surface area contributed by atoms with Gasteiger partial charge in [-0.15, -0.1) is 11.8 Å². The standard InChI is InChI=1S/C19H27N5OS/c1-22(2)19(25)20-12-16-11-17-14-23(9-6-10-24(17)21-16)13-15-7-4-5-8-18(15)26-3/h4-5,7-8,11H,6,9-10,12-14H2,1-3H3,(H,20,25). The molecule has 0 aliphatic carbocycles. The number of nitrogens with one attached hydrogen (secondary N) is 1. The first-order valence-electron chi connectivity index (χ1n) is 8.92. The number of nitrogens with zero attached hydrogens (tertiary/aromatic N) is 4. The Labute approximate surface area is 159 Å². The zero-order valence-electron chi connectivity index (χ0n) is 15.7.